The third-order valence-electron chi connectivity index (χ3n) is 1.65. The standard InChI is InChI=1S/C8H7FN4O/c1-14-8-5(9)4-10-7(12-8)6-2-3-11-13-6/h2-4H,1H3,(H,11,13). The zero-order valence-electron chi connectivity index (χ0n) is 7.36. The number of ether oxygens (including phenoxy) is 1. The van der Waals surface area contributed by atoms with E-state index < -0.39 is 5.82 Å². The molecule has 0 amide bonds. The number of H-pyrrole nitrogens is 1. The second kappa shape index (κ2) is 3.41. The van der Waals surface area contributed by atoms with E-state index >= 15 is 0 Å². The molecule has 5 nitrogen and oxygen atoms in total. The van der Waals surface area contributed by atoms with E-state index in [1.54, 1.807) is 12.3 Å². The average molecular weight is 194 g/mol. The molecule has 6 heteroatoms. The van der Waals surface area contributed by atoms with E-state index in [0.29, 0.717) is 11.5 Å². The third-order valence-corrected chi connectivity index (χ3v) is 1.65. The SMILES string of the molecule is COc1nc(-c2ccn[nH]2)ncc1F. The average Bonchev–Trinajstić information content (AvgIpc) is 2.71. The Hall–Kier alpha value is -1.98. The van der Waals surface area contributed by atoms with Crippen LogP contribution in [-0.2, 0) is 0 Å². The lowest BCUT2D eigenvalue weighted by atomic mass is 10.4. The van der Waals surface area contributed by atoms with E-state index in [1.165, 1.54) is 7.11 Å². The van der Waals surface area contributed by atoms with Gasteiger partial charge in [-0.2, -0.15) is 14.5 Å². The zero-order valence-corrected chi connectivity index (χ0v) is 7.36. The van der Waals surface area contributed by atoms with Crippen molar-refractivity contribution in [3.63, 3.8) is 0 Å². The van der Waals surface area contributed by atoms with Crippen LogP contribution >= 0.6 is 0 Å². The monoisotopic (exact) mass is 194 g/mol. The molecule has 14 heavy (non-hydrogen) atoms. The molecule has 0 spiro atoms. The van der Waals surface area contributed by atoms with Crippen molar-refractivity contribution in [3.05, 3.63) is 24.3 Å². The highest BCUT2D eigenvalue weighted by atomic mass is 19.1. The van der Waals surface area contributed by atoms with Gasteiger partial charge >= 0.3 is 0 Å². The molecule has 0 fully saturated rings. The van der Waals surface area contributed by atoms with Crippen LogP contribution in [-0.4, -0.2) is 27.3 Å². The smallest absolute Gasteiger partial charge is 0.253 e. The van der Waals surface area contributed by atoms with Gasteiger partial charge in [0, 0.05) is 6.20 Å². The Morgan fingerprint density at radius 3 is 3.00 bits per heavy atom. The summed E-state index contributed by atoms with van der Waals surface area (Å²) in [5, 5.41) is 6.41. The fraction of sp³-hybridized carbons (Fsp3) is 0.125. The summed E-state index contributed by atoms with van der Waals surface area (Å²) in [5.41, 5.74) is 0.614. The molecule has 2 aromatic rings. The van der Waals surface area contributed by atoms with Crippen molar-refractivity contribution in [2.24, 2.45) is 0 Å². The number of rotatable bonds is 2. The van der Waals surface area contributed by atoms with Gasteiger partial charge in [0.05, 0.1) is 13.3 Å². The molecule has 0 radical (unpaired) electrons. The maximum absolute atomic E-state index is 12.9. The van der Waals surface area contributed by atoms with Crippen molar-refractivity contribution >= 4 is 0 Å². The van der Waals surface area contributed by atoms with Gasteiger partial charge < -0.3 is 4.74 Å². The van der Waals surface area contributed by atoms with Gasteiger partial charge in [-0.15, -0.1) is 0 Å². The summed E-state index contributed by atoms with van der Waals surface area (Å²) < 4.78 is 17.7. The number of nitrogens with one attached hydrogen (secondary N) is 1. The van der Waals surface area contributed by atoms with Crippen molar-refractivity contribution < 1.29 is 9.13 Å². The van der Waals surface area contributed by atoms with Gasteiger partial charge in [-0.1, -0.05) is 0 Å². The molecule has 0 atom stereocenters. The second-order valence-electron chi connectivity index (χ2n) is 2.52. The first-order chi connectivity index (χ1) is 6.81. The van der Waals surface area contributed by atoms with Crippen molar-refractivity contribution in [1.82, 2.24) is 20.2 Å². The molecule has 0 saturated heterocycles. The van der Waals surface area contributed by atoms with Gasteiger partial charge in [-0.25, -0.2) is 4.98 Å². The highest BCUT2D eigenvalue weighted by Gasteiger charge is 2.08. The number of hydrogen-bond donors (Lipinski definition) is 1. The van der Waals surface area contributed by atoms with Gasteiger partial charge in [-0.3, -0.25) is 5.10 Å². The van der Waals surface area contributed by atoms with Crippen molar-refractivity contribution in [2.45, 2.75) is 0 Å². The number of nitrogens with zero attached hydrogens (tertiary/aromatic N) is 3. The van der Waals surface area contributed by atoms with Crippen LogP contribution in [0.2, 0.25) is 0 Å². The van der Waals surface area contributed by atoms with Crippen LogP contribution in [0.15, 0.2) is 18.5 Å². The maximum atomic E-state index is 12.9. The lowest BCUT2D eigenvalue weighted by molar-refractivity contribution is 0.367. The topological polar surface area (TPSA) is 63.7 Å². The first-order valence-corrected chi connectivity index (χ1v) is 3.87. The van der Waals surface area contributed by atoms with Gasteiger partial charge in [-0.05, 0) is 6.07 Å². The fourth-order valence-corrected chi connectivity index (χ4v) is 1.00. The molecule has 0 bridgehead atoms. The summed E-state index contributed by atoms with van der Waals surface area (Å²) in [5.74, 6) is -0.318. The Balaban J connectivity index is 2.46. The summed E-state index contributed by atoms with van der Waals surface area (Å²) in [4.78, 5) is 7.65. The summed E-state index contributed by atoms with van der Waals surface area (Å²) >= 11 is 0. The maximum Gasteiger partial charge on any atom is 0.253 e. The first-order valence-electron chi connectivity index (χ1n) is 3.87. The van der Waals surface area contributed by atoms with Gasteiger partial charge in [0.15, 0.2) is 5.82 Å². The molecule has 0 saturated carbocycles. The molecule has 2 rings (SSSR count). The largest absolute Gasteiger partial charge is 0.479 e. The Morgan fingerprint density at radius 1 is 1.50 bits per heavy atom. The molecule has 0 aliphatic carbocycles. The minimum absolute atomic E-state index is 0.0791. The zero-order chi connectivity index (χ0) is 9.97. The lowest BCUT2D eigenvalue weighted by Crippen LogP contribution is -1.97. The highest BCUT2D eigenvalue weighted by Crippen LogP contribution is 2.16. The van der Waals surface area contributed by atoms with E-state index in [-0.39, 0.29) is 5.88 Å². The minimum atomic E-state index is -0.587. The van der Waals surface area contributed by atoms with E-state index in [1.807, 2.05) is 0 Å². The Kier molecular flexibility index (Phi) is 2.10. The molecular formula is C8H7FN4O. The van der Waals surface area contributed by atoms with Crippen molar-refractivity contribution in [3.8, 4) is 17.4 Å². The summed E-state index contributed by atoms with van der Waals surface area (Å²) in [6.07, 6.45) is 2.62. The Bertz CT molecular complexity index is 429. The van der Waals surface area contributed by atoms with Crippen LogP contribution in [0.4, 0.5) is 4.39 Å². The Labute approximate surface area is 79.0 Å². The molecule has 0 aliphatic rings. The van der Waals surface area contributed by atoms with Crippen molar-refractivity contribution in [2.75, 3.05) is 7.11 Å². The quantitative estimate of drug-likeness (QED) is 0.775. The molecule has 0 unspecified atom stereocenters. The van der Waals surface area contributed by atoms with Crippen LogP contribution in [0.3, 0.4) is 0 Å². The van der Waals surface area contributed by atoms with Gasteiger partial charge in [0.1, 0.15) is 5.69 Å². The Morgan fingerprint density at radius 2 is 2.36 bits per heavy atom. The third kappa shape index (κ3) is 1.41. The van der Waals surface area contributed by atoms with Crippen LogP contribution in [0, 0.1) is 5.82 Å². The minimum Gasteiger partial charge on any atom is -0.479 e. The van der Waals surface area contributed by atoms with E-state index in [9.17, 15) is 4.39 Å². The first kappa shape index (κ1) is 8.61. The van der Waals surface area contributed by atoms with Crippen LogP contribution < -0.4 is 4.74 Å². The molecule has 2 heterocycles. The normalized spacial score (nSPS) is 10.1. The van der Waals surface area contributed by atoms with E-state index in [4.69, 9.17) is 4.74 Å². The van der Waals surface area contributed by atoms with E-state index in [2.05, 4.69) is 20.2 Å². The summed E-state index contributed by atoms with van der Waals surface area (Å²) in [7, 11) is 1.35. The van der Waals surface area contributed by atoms with E-state index in [0.717, 1.165) is 6.20 Å². The molecule has 72 valence electrons. The van der Waals surface area contributed by atoms with Crippen LogP contribution in [0.25, 0.3) is 11.5 Å². The number of aromatic nitrogens is 4. The number of halogens is 1. The number of aromatic amines is 1. The van der Waals surface area contributed by atoms with Crippen LogP contribution in [0.1, 0.15) is 0 Å². The number of methoxy groups -OCH3 is 1. The molecule has 1 N–H and O–H groups in total. The molecule has 0 aromatic carbocycles. The van der Waals surface area contributed by atoms with Gasteiger partial charge in [0.2, 0.25) is 5.82 Å². The van der Waals surface area contributed by atoms with Crippen molar-refractivity contribution in [1.29, 1.82) is 0 Å². The molecular weight excluding hydrogens is 187 g/mol. The lowest BCUT2D eigenvalue weighted by Gasteiger charge is -2.01. The highest BCUT2D eigenvalue weighted by molar-refractivity contribution is 5.48. The fourth-order valence-electron chi connectivity index (χ4n) is 1.00. The predicted octanol–water partition coefficient (Wildman–Crippen LogP) is 1.01. The number of hydrogen-bond acceptors (Lipinski definition) is 4. The summed E-state index contributed by atoms with van der Waals surface area (Å²) in [6, 6.07) is 1.69. The second-order valence-corrected chi connectivity index (χ2v) is 2.52. The predicted molar refractivity (Wildman–Crippen MR) is 46.1 cm³/mol. The molecule has 0 aliphatic heterocycles. The summed E-state index contributed by atoms with van der Waals surface area (Å²) in [6.45, 7) is 0. The molecule has 2 aromatic heterocycles. The van der Waals surface area contributed by atoms with Gasteiger partial charge in [0.25, 0.3) is 5.88 Å². The van der Waals surface area contributed by atoms with Crippen LogP contribution in [0.5, 0.6) is 5.88 Å².